The number of nitrogens with two attached hydrogens (primary N) is 1. The van der Waals surface area contributed by atoms with Crippen molar-refractivity contribution in [2.75, 3.05) is 18.6 Å². The van der Waals surface area contributed by atoms with Crippen LogP contribution >= 0.6 is 11.8 Å². The van der Waals surface area contributed by atoms with Crippen LogP contribution in [0.3, 0.4) is 0 Å². The van der Waals surface area contributed by atoms with Crippen molar-refractivity contribution in [3.63, 3.8) is 0 Å². The van der Waals surface area contributed by atoms with E-state index in [1.807, 2.05) is 6.26 Å². The van der Waals surface area contributed by atoms with Crippen LogP contribution in [0.25, 0.3) is 0 Å². The summed E-state index contributed by atoms with van der Waals surface area (Å²) < 4.78 is 0. The molecular weight excluding hydrogens is 286 g/mol. The lowest BCUT2D eigenvalue weighted by Crippen LogP contribution is -2.54. The zero-order valence-corrected chi connectivity index (χ0v) is 12.3. The molecule has 116 valence electrons. The van der Waals surface area contributed by atoms with Crippen molar-refractivity contribution in [2.45, 2.75) is 31.5 Å². The number of hydrogen-bond acceptors (Lipinski definition) is 6. The molecule has 0 aromatic heterocycles. The highest BCUT2D eigenvalue weighted by Gasteiger charge is 2.25. The van der Waals surface area contributed by atoms with Gasteiger partial charge < -0.3 is 26.6 Å². The van der Waals surface area contributed by atoms with Gasteiger partial charge in [0, 0.05) is 0 Å². The van der Waals surface area contributed by atoms with E-state index in [1.165, 1.54) is 18.7 Å². The Kier molecular flexibility index (Phi) is 8.93. The van der Waals surface area contributed by atoms with Crippen LogP contribution in [0.15, 0.2) is 0 Å². The first-order valence-corrected chi connectivity index (χ1v) is 7.41. The predicted molar refractivity (Wildman–Crippen MR) is 75.2 cm³/mol. The van der Waals surface area contributed by atoms with Crippen molar-refractivity contribution in [1.82, 2.24) is 10.6 Å². The molecule has 0 aromatic carbocycles. The van der Waals surface area contributed by atoms with E-state index in [9.17, 15) is 19.5 Å². The van der Waals surface area contributed by atoms with Crippen LogP contribution in [0.4, 0.5) is 0 Å². The van der Waals surface area contributed by atoms with Gasteiger partial charge in [-0.15, -0.1) is 0 Å². The Hall–Kier alpha value is -1.32. The summed E-state index contributed by atoms with van der Waals surface area (Å²) in [5.74, 6) is -1.81. The molecule has 0 saturated heterocycles. The van der Waals surface area contributed by atoms with E-state index >= 15 is 0 Å². The van der Waals surface area contributed by atoms with Crippen LogP contribution in [0.2, 0.25) is 0 Å². The maximum absolute atomic E-state index is 11.8. The Labute approximate surface area is 121 Å². The third-order valence-electron chi connectivity index (χ3n) is 2.48. The number of aliphatic hydroxyl groups excluding tert-OH is 1. The fourth-order valence-electron chi connectivity index (χ4n) is 1.28. The van der Waals surface area contributed by atoms with Gasteiger partial charge in [0.15, 0.2) is 0 Å². The van der Waals surface area contributed by atoms with Gasteiger partial charge in [-0.25, -0.2) is 0 Å². The molecule has 8 nitrogen and oxygen atoms in total. The Morgan fingerprint density at radius 3 is 2.35 bits per heavy atom. The number of carbonyl (C=O) groups is 3. The van der Waals surface area contributed by atoms with Crippen LogP contribution in [0.5, 0.6) is 0 Å². The second-order valence-electron chi connectivity index (χ2n) is 4.22. The second-order valence-corrected chi connectivity index (χ2v) is 5.21. The van der Waals surface area contributed by atoms with E-state index in [-0.39, 0.29) is 0 Å². The molecule has 0 aliphatic carbocycles. The number of carboxylic acids is 1. The van der Waals surface area contributed by atoms with E-state index in [0.29, 0.717) is 12.2 Å². The largest absolute Gasteiger partial charge is 0.480 e. The molecule has 0 aliphatic heterocycles. The lowest BCUT2D eigenvalue weighted by atomic mass is 10.1. The van der Waals surface area contributed by atoms with Crippen LogP contribution in [0, 0.1) is 0 Å². The smallest absolute Gasteiger partial charge is 0.322 e. The van der Waals surface area contributed by atoms with Gasteiger partial charge in [-0.3, -0.25) is 14.4 Å². The minimum atomic E-state index is -1.17. The zero-order chi connectivity index (χ0) is 15.7. The van der Waals surface area contributed by atoms with Gasteiger partial charge in [0.05, 0.1) is 6.10 Å². The Balaban J connectivity index is 4.58. The maximum Gasteiger partial charge on any atom is 0.322 e. The van der Waals surface area contributed by atoms with Crippen LogP contribution in [-0.2, 0) is 14.4 Å². The van der Waals surface area contributed by atoms with Gasteiger partial charge in [0.25, 0.3) is 0 Å². The quantitative estimate of drug-likeness (QED) is 0.336. The number of amides is 2. The highest BCUT2D eigenvalue weighted by Crippen LogP contribution is 2.02. The number of hydrogen-bond donors (Lipinski definition) is 5. The molecule has 3 unspecified atom stereocenters. The van der Waals surface area contributed by atoms with Crippen molar-refractivity contribution < 1.29 is 24.6 Å². The standard InChI is InChI=1S/C11H21N3O5S/c1-6(15)9(12)11(19)14-7(3-4-20-2)10(18)13-5-8(16)17/h6-7,9,15H,3-5,12H2,1-2H3,(H,13,18)(H,14,19)(H,16,17). The number of nitrogens with one attached hydrogen (secondary N) is 2. The number of rotatable bonds is 9. The van der Waals surface area contributed by atoms with Crippen molar-refractivity contribution in [1.29, 1.82) is 0 Å². The third kappa shape index (κ3) is 7.31. The average Bonchev–Trinajstić information content (AvgIpc) is 2.39. The summed E-state index contributed by atoms with van der Waals surface area (Å²) in [6.07, 6.45) is 1.14. The number of thioether (sulfide) groups is 1. The average molecular weight is 307 g/mol. The Morgan fingerprint density at radius 1 is 1.30 bits per heavy atom. The minimum absolute atomic E-state index is 0.338. The first kappa shape index (κ1) is 18.7. The maximum atomic E-state index is 11.8. The summed E-state index contributed by atoms with van der Waals surface area (Å²) in [5.41, 5.74) is 5.47. The number of aliphatic carboxylic acids is 1. The second kappa shape index (κ2) is 9.56. The van der Waals surface area contributed by atoms with Gasteiger partial charge in [-0.05, 0) is 25.4 Å². The summed E-state index contributed by atoms with van der Waals surface area (Å²) in [6, 6.07) is -2.02. The number of carboxylic acid groups (broad SMARTS) is 1. The molecule has 6 N–H and O–H groups in total. The monoisotopic (exact) mass is 307 g/mol. The first-order valence-electron chi connectivity index (χ1n) is 6.02. The summed E-state index contributed by atoms with van der Waals surface area (Å²) in [5, 5.41) is 22.3. The molecule has 0 aromatic rings. The number of aliphatic hydroxyl groups is 1. The van der Waals surface area contributed by atoms with E-state index in [4.69, 9.17) is 10.8 Å². The van der Waals surface area contributed by atoms with E-state index in [1.54, 1.807) is 0 Å². The van der Waals surface area contributed by atoms with E-state index in [2.05, 4.69) is 10.6 Å². The van der Waals surface area contributed by atoms with E-state index < -0.39 is 42.5 Å². The van der Waals surface area contributed by atoms with Gasteiger partial charge in [0.1, 0.15) is 18.6 Å². The molecule has 0 aliphatic rings. The van der Waals surface area contributed by atoms with Gasteiger partial charge in [0.2, 0.25) is 11.8 Å². The predicted octanol–water partition coefficient (Wildman–Crippen LogP) is -1.87. The van der Waals surface area contributed by atoms with E-state index in [0.717, 1.165) is 0 Å². The van der Waals surface area contributed by atoms with Gasteiger partial charge >= 0.3 is 5.97 Å². The molecule has 0 bridgehead atoms. The van der Waals surface area contributed by atoms with Crippen molar-refractivity contribution in [3.05, 3.63) is 0 Å². The molecule has 9 heteroatoms. The van der Waals surface area contributed by atoms with Crippen LogP contribution < -0.4 is 16.4 Å². The fraction of sp³-hybridized carbons (Fsp3) is 0.727. The van der Waals surface area contributed by atoms with Crippen molar-refractivity contribution in [3.8, 4) is 0 Å². The molecule has 2 amide bonds. The highest BCUT2D eigenvalue weighted by atomic mass is 32.2. The molecule has 0 fully saturated rings. The molecule has 20 heavy (non-hydrogen) atoms. The van der Waals surface area contributed by atoms with Crippen LogP contribution in [-0.4, -0.2) is 64.7 Å². The number of carbonyl (C=O) groups excluding carboxylic acids is 2. The first-order chi connectivity index (χ1) is 9.29. The van der Waals surface area contributed by atoms with Gasteiger partial charge in [-0.2, -0.15) is 11.8 Å². The van der Waals surface area contributed by atoms with Gasteiger partial charge in [-0.1, -0.05) is 0 Å². The lowest BCUT2D eigenvalue weighted by Gasteiger charge is -2.21. The molecule has 0 rings (SSSR count). The molecule has 0 spiro atoms. The fourth-order valence-corrected chi connectivity index (χ4v) is 1.75. The normalized spacial score (nSPS) is 15.0. The van der Waals surface area contributed by atoms with Crippen LogP contribution in [0.1, 0.15) is 13.3 Å². The van der Waals surface area contributed by atoms with Crippen molar-refractivity contribution >= 4 is 29.5 Å². The highest BCUT2D eigenvalue weighted by molar-refractivity contribution is 7.98. The Bertz CT molecular complexity index is 351. The molecule has 0 radical (unpaired) electrons. The summed E-state index contributed by atoms with van der Waals surface area (Å²) in [4.78, 5) is 33.9. The molecule has 0 saturated carbocycles. The summed E-state index contributed by atoms with van der Waals surface area (Å²) >= 11 is 1.49. The minimum Gasteiger partial charge on any atom is -0.480 e. The Morgan fingerprint density at radius 2 is 1.90 bits per heavy atom. The molecular formula is C11H21N3O5S. The lowest BCUT2D eigenvalue weighted by molar-refractivity contribution is -0.138. The summed E-state index contributed by atoms with van der Waals surface area (Å²) in [6.45, 7) is 0.846. The molecule has 0 heterocycles. The molecule has 3 atom stereocenters. The zero-order valence-electron chi connectivity index (χ0n) is 11.5. The van der Waals surface area contributed by atoms with Crippen molar-refractivity contribution in [2.24, 2.45) is 5.73 Å². The topological polar surface area (TPSA) is 142 Å². The third-order valence-corrected chi connectivity index (χ3v) is 3.12. The summed E-state index contributed by atoms with van der Waals surface area (Å²) in [7, 11) is 0. The SMILES string of the molecule is CSCCC(NC(=O)C(N)C(C)O)C(=O)NCC(=O)O.